The van der Waals surface area contributed by atoms with Crippen molar-refractivity contribution in [2.24, 2.45) is 0 Å². The van der Waals surface area contributed by atoms with Gasteiger partial charge in [-0.15, -0.1) is 0 Å². The second-order valence-electron chi connectivity index (χ2n) is 6.95. The normalized spacial score (nSPS) is 18.0. The minimum Gasteiger partial charge on any atom is -0.386 e. The van der Waals surface area contributed by atoms with Gasteiger partial charge in [0.25, 0.3) is 0 Å². The first-order valence-electron chi connectivity index (χ1n) is 9.22. The molecule has 3 aromatic carbocycles. The molecule has 0 unspecified atom stereocenters. The Balaban J connectivity index is 1.61. The van der Waals surface area contributed by atoms with E-state index in [1.807, 2.05) is 49.5 Å². The molecule has 1 aliphatic rings. The van der Waals surface area contributed by atoms with Crippen LogP contribution in [0.1, 0.15) is 17.2 Å². The lowest BCUT2D eigenvalue weighted by atomic mass is 9.90. The Morgan fingerprint density at radius 1 is 0.741 bits per heavy atom. The summed E-state index contributed by atoms with van der Waals surface area (Å²) < 4.78 is 0. The minimum atomic E-state index is -0.564. The monoisotopic (exact) mass is 356 g/mol. The molecule has 1 N–H and O–H groups in total. The quantitative estimate of drug-likeness (QED) is 0.711. The lowest BCUT2D eigenvalue weighted by Gasteiger charge is -2.35. The zero-order valence-corrected chi connectivity index (χ0v) is 15.7. The van der Waals surface area contributed by atoms with Crippen LogP contribution in [0, 0.1) is 0 Å². The molecule has 0 spiro atoms. The lowest BCUT2D eigenvalue weighted by molar-refractivity contribution is 0.159. The van der Waals surface area contributed by atoms with Crippen LogP contribution in [-0.4, -0.2) is 25.2 Å². The first kappa shape index (κ1) is 17.4. The number of hydrogen-bond donors (Lipinski definition) is 1. The van der Waals surface area contributed by atoms with Crippen LogP contribution in [-0.2, 0) is 0 Å². The molecule has 0 amide bonds. The van der Waals surface area contributed by atoms with Crippen molar-refractivity contribution in [3.63, 3.8) is 0 Å². The van der Waals surface area contributed by atoms with E-state index in [0.717, 1.165) is 28.2 Å². The maximum atomic E-state index is 11.0. The minimum absolute atomic E-state index is 0.0856. The number of benzene rings is 3. The van der Waals surface area contributed by atoms with Gasteiger partial charge in [-0.1, -0.05) is 54.6 Å². The van der Waals surface area contributed by atoms with Gasteiger partial charge in [-0.3, -0.25) is 0 Å². The van der Waals surface area contributed by atoms with Crippen molar-refractivity contribution in [1.82, 2.24) is 0 Å². The zero-order chi connectivity index (χ0) is 18.8. The second kappa shape index (κ2) is 7.29. The first-order chi connectivity index (χ1) is 13.1. The molecule has 2 atom stereocenters. The summed E-state index contributed by atoms with van der Waals surface area (Å²) in [5.41, 5.74) is 5.37. The predicted octanol–water partition coefficient (Wildman–Crippen LogP) is 5.02. The molecule has 3 nitrogen and oxygen atoms in total. The highest BCUT2D eigenvalue weighted by atomic mass is 16.3. The average molecular weight is 356 g/mol. The van der Waals surface area contributed by atoms with Gasteiger partial charge in [0, 0.05) is 31.2 Å². The van der Waals surface area contributed by atoms with Gasteiger partial charge in [-0.05, 0) is 47.5 Å². The number of likely N-dealkylation sites (N-methyl/N-ethyl adjacent to an activating group) is 1. The van der Waals surface area contributed by atoms with E-state index in [-0.39, 0.29) is 6.04 Å². The summed E-state index contributed by atoms with van der Waals surface area (Å²) in [6.45, 7) is 0. The molecule has 0 radical (unpaired) electrons. The molecule has 27 heavy (non-hydrogen) atoms. The fourth-order valence-electron chi connectivity index (χ4n) is 3.65. The van der Waals surface area contributed by atoms with Gasteiger partial charge in [-0.25, -0.2) is 0 Å². The van der Waals surface area contributed by atoms with Gasteiger partial charge in [0.1, 0.15) is 6.10 Å². The molecule has 0 heterocycles. The van der Waals surface area contributed by atoms with E-state index in [4.69, 9.17) is 0 Å². The SMILES string of the molecule is CN(c1ccccc1)c1ccc2c(c1)C=C[C@@H](N(C)c1ccccc1)[C@@H]2O. The van der Waals surface area contributed by atoms with Crippen LogP contribution in [0.25, 0.3) is 6.08 Å². The standard InChI is InChI=1S/C24H24N2O/c1-25(19-9-5-3-6-10-19)21-14-15-22-18(17-21)13-16-23(24(22)27)26(2)20-11-7-4-8-12-20/h3-17,23-24,27H,1-2H3/t23-,24-/m1/s1. The van der Waals surface area contributed by atoms with Crippen LogP contribution < -0.4 is 9.80 Å². The van der Waals surface area contributed by atoms with Crippen molar-refractivity contribution in [2.75, 3.05) is 23.9 Å². The third kappa shape index (κ3) is 3.34. The Bertz CT molecular complexity index is 937. The van der Waals surface area contributed by atoms with E-state index in [1.54, 1.807) is 0 Å². The van der Waals surface area contributed by atoms with Gasteiger partial charge >= 0.3 is 0 Å². The summed E-state index contributed by atoms with van der Waals surface area (Å²) >= 11 is 0. The van der Waals surface area contributed by atoms with E-state index in [0.29, 0.717) is 0 Å². The van der Waals surface area contributed by atoms with Crippen LogP contribution in [0.2, 0.25) is 0 Å². The fraction of sp³-hybridized carbons (Fsp3) is 0.167. The Morgan fingerprint density at radius 3 is 2.04 bits per heavy atom. The summed E-state index contributed by atoms with van der Waals surface area (Å²) in [6, 6.07) is 26.6. The van der Waals surface area contributed by atoms with E-state index >= 15 is 0 Å². The average Bonchev–Trinajstić information content (AvgIpc) is 2.74. The highest BCUT2D eigenvalue weighted by Crippen LogP contribution is 2.35. The van der Waals surface area contributed by atoms with Crippen molar-refractivity contribution >= 4 is 23.1 Å². The van der Waals surface area contributed by atoms with Gasteiger partial charge in [0.15, 0.2) is 0 Å². The van der Waals surface area contributed by atoms with Gasteiger partial charge in [-0.2, -0.15) is 0 Å². The van der Waals surface area contributed by atoms with E-state index in [1.165, 1.54) is 0 Å². The summed E-state index contributed by atoms with van der Waals surface area (Å²) in [5.74, 6) is 0. The Labute approximate surface area is 160 Å². The highest BCUT2D eigenvalue weighted by molar-refractivity contribution is 5.70. The largest absolute Gasteiger partial charge is 0.386 e. The van der Waals surface area contributed by atoms with E-state index in [2.05, 4.69) is 65.4 Å². The second-order valence-corrected chi connectivity index (χ2v) is 6.95. The highest BCUT2D eigenvalue weighted by Gasteiger charge is 2.28. The molecular formula is C24H24N2O. The molecular weight excluding hydrogens is 332 g/mol. The molecule has 0 aromatic heterocycles. The number of fused-ring (bicyclic) bond motifs is 1. The van der Waals surface area contributed by atoms with Crippen LogP contribution in [0.4, 0.5) is 17.1 Å². The van der Waals surface area contributed by atoms with Crippen LogP contribution in [0.5, 0.6) is 0 Å². The number of hydrogen-bond acceptors (Lipinski definition) is 3. The molecule has 0 saturated carbocycles. The van der Waals surface area contributed by atoms with Crippen molar-refractivity contribution in [3.8, 4) is 0 Å². The van der Waals surface area contributed by atoms with Crippen LogP contribution in [0.15, 0.2) is 84.9 Å². The summed E-state index contributed by atoms with van der Waals surface area (Å²) in [4.78, 5) is 4.27. The first-order valence-corrected chi connectivity index (χ1v) is 9.22. The van der Waals surface area contributed by atoms with Crippen molar-refractivity contribution in [2.45, 2.75) is 12.1 Å². The number of para-hydroxylation sites is 2. The molecule has 0 aliphatic heterocycles. The smallest absolute Gasteiger partial charge is 0.103 e. The number of rotatable bonds is 4. The number of anilines is 3. The zero-order valence-electron chi connectivity index (χ0n) is 15.7. The van der Waals surface area contributed by atoms with Crippen molar-refractivity contribution < 1.29 is 5.11 Å². The van der Waals surface area contributed by atoms with Crippen LogP contribution in [0.3, 0.4) is 0 Å². The number of nitrogens with zero attached hydrogens (tertiary/aromatic N) is 2. The number of aliphatic hydroxyl groups is 1. The number of aliphatic hydroxyl groups excluding tert-OH is 1. The molecule has 0 fully saturated rings. The van der Waals surface area contributed by atoms with E-state index < -0.39 is 6.10 Å². The van der Waals surface area contributed by atoms with Gasteiger partial charge < -0.3 is 14.9 Å². The van der Waals surface area contributed by atoms with Crippen LogP contribution >= 0.6 is 0 Å². The fourth-order valence-corrected chi connectivity index (χ4v) is 3.65. The van der Waals surface area contributed by atoms with Gasteiger partial charge in [0.05, 0.1) is 6.04 Å². The maximum absolute atomic E-state index is 11.0. The molecule has 0 saturated heterocycles. The van der Waals surface area contributed by atoms with Crippen molar-refractivity contribution in [3.05, 3.63) is 96.1 Å². The molecule has 3 heteroatoms. The van der Waals surface area contributed by atoms with Crippen molar-refractivity contribution in [1.29, 1.82) is 0 Å². The summed E-state index contributed by atoms with van der Waals surface area (Å²) in [6.07, 6.45) is 3.65. The third-order valence-electron chi connectivity index (χ3n) is 5.33. The molecule has 4 rings (SSSR count). The lowest BCUT2D eigenvalue weighted by Crippen LogP contribution is -2.37. The summed E-state index contributed by atoms with van der Waals surface area (Å²) in [5, 5.41) is 11.0. The third-order valence-corrected chi connectivity index (χ3v) is 5.33. The summed E-state index contributed by atoms with van der Waals surface area (Å²) in [7, 11) is 4.09. The molecule has 3 aromatic rings. The van der Waals surface area contributed by atoms with E-state index in [9.17, 15) is 5.11 Å². The predicted molar refractivity (Wildman–Crippen MR) is 114 cm³/mol. The Kier molecular flexibility index (Phi) is 4.69. The van der Waals surface area contributed by atoms with Gasteiger partial charge in [0.2, 0.25) is 0 Å². The Hall–Kier alpha value is -3.04. The molecule has 0 bridgehead atoms. The molecule has 1 aliphatic carbocycles. The Morgan fingerprint density at radius 2 is 1.37 bits per heavy atom. The molecule has 136 valence electrons. The maximum Gasteiger partial charge on any atom is 0.103 e. The topological polar surface area (TPSA) is 26.7 Å².